The zero-order chi connectivity index (χ0) is 29.4. The maximum absolute atomic E-state index is 13.2. The molecule has 10 nitrogen and oxygen atoms in total. The van der Waals surface area contributed by atoms with Gasteiger partial charge in [-0.15, -0.1) is 0 Å². The van der Waals surface area contributed by atoms with E-state index < -0.39 is 5.97 Å². The van der Waals surface area contributed by atoms with E-state index in [1.54, 1.807) is 12.4 Å². The van der Waals surface area contributed by atoms with E-state index in [0.29, 0.717) is 36.3 Å². The van der Waals surface area contributed by atoms with Gasteiger partial charge < -0.3 is 20.7 Å². The molecule has 3 amide bonds. The highest BCUT2D eigenvalue weighted by molar-refractivity contribution is 6.00. The second kappa shape index (κ2) is 13.9. The predicted octanol–water partition coefficient (Wildman–Crippen LogP) is 5.88. The lowest BCUT2D eigenvalue weighted by Gasteiger charge is -2.21. The van der Waals surface area contributed by atoms with Crippen LogP contribution < -0.4 is 16.0 Å². The Morgan fingerprint density at radius 1 is 1.10 bits per heavy atom. The van der Waals surface area contributed by atoms with Gasteiger partial charge >= 0.3 is 12.0 Å². The number of amides is 3. The largest absolute Gasteiger partial charge is 0.481 e. The molecule has 0 aliphatic heterocycles. The number of urea groups is 1. The summed E-state index contributed by atoms with van der Waals surface area (Å²) in [6, 6.07) is 8.93. The summed E-state index contributed by atoms with van der Waals surface area (Å²) in [6.45, 7) is 6.07. The molecule has 1 aromatic carbocycles. The number of nitrogens with one attached hydrogen (secondary N) is 4. The van der Waals surface area contributed by atoms with E-state index in [2.05, 4.69) is 50.8 Å². The third-order valence-electron chi connectivity index (χ3n) is 7.41. The van der Waals surface area contributed by atoms with Crippen LogP contribution in [0.25, 0.3) is 0 Å². The molecule has 0 saturated heterocycles. The van der Waals surface area contributed by atoms with Crippen LogP contribution in [0.4, 0.5) is 16.3 Å². The topological polar surface area (TPSA) is 149 Å². The number of benzene rings is 1. The van der Waals surface area contributed by atoms with Crippen LogP contribution in [0, 0.1) is 12.8 Å². The maximum Gasteiger partial charge on any atom is 0.324 e. The fourth-order valence-corrected chi connectivity index (χ4v) is 5.36. The van der Waals surface area contributed by atoms with Gasteiger partial charge in [0.2, 0.25) is 5.91 Å². The van der Waals surface area contributed by atoms with Crippen molar-refractivity contribution in [2.45, 2.75) is 84.1 Å². The summed E-state index contributed by atoms with van der Waals surface area (Å²) in [7, 11) is 0. The van der Waals surface area contributed by atoms with Crippen molar-refractivity contribution in [1.29, 1.82) is 0 Å². The fourth-order valence-electron chi connectivity index (χ4n) is 5.36. The normalized spacial score (nSPS) is 14.1. The molecule has 1 saturated carbocycles. The van der Waals surface area contributed by atoms with Crippen LogP contribution in [0.3, 0.4) is 0 Å². The van der Waals surface area contributed by atoms with Gasteiger partial charge in [-0.3, -0.25) is 14.9 Å². The lowest BCUT2D eigenvalue weighted by Crippen LogP contribution is -2.31. The molecule has 2 aromatic heterocycles. The van der Waals surface area contributed by atoms with Crippen LogP contribution in [-0.2, 0) is 22.4 Å². The van der Waals surface area contributed by atoms with E-state index in [-0.39, 0.29) is 30.8 Å². The van der Waals surface area contributed by atoms with Crippen LogP contribution >= 0.6 is 0 Å². The Bertz CT molecular complexity index is 1360. The number of aliphatic carboxylic acids is 1. The van der Waals surface area contributed by atoms with Crippen LogP contribution in [0.1, 0.15) is 92.5 Å². The highest BCUT2D eigenvalue weighted by atomic mass is 16.4. The number of anilines is 2. The lowest BCUT2D eigenvalue weighted by molar-refractivity contribution is -0.137. The Balaban J connectivity index is 1.46. The number of carbonyl (C=O) groups is 3. The Kier molecular flexibility index (Phi) is 10.1. The highest BCUT2D eigenvalue weighted by Crippen LogP contribution is 2.38. The van der Waals surface area contributed by atoms with Crippen molar-refractivity contribution in [3.63, 3.8) is 0 Å². The number of carbonyl (C=O) groups excluding carboxylic acids is 2. The molecule has 41 heavy (non-hydrogen) atoms. The quantitative estimate of drug-likeness (QED) is 0.187. The lowest BCUT2D eigenvalue weighted by atomic mass is 9.93. The molecule has 218 valence electrons. The van der Waals surface area contributed by atoms with Crippen molar-refractivity contribution in [2.24, 2.45) is 5.92 Å². The number of imidazole rings is 1. The Morgan fingerprint density at radius 2 is 1.88 bits per heavy atom. The molecule has 1 atom stereocenters. The molecule has 1 aliphatic carbocycles. The number of H-pyrrole nitrogens is 1. The first-order valence-electron chi connectivity index (χ1n) is 14.3. The van der Waals surface area contributed by atoms with Crippen molar-refractivity contribution < 1.29 is 19.5 Å². The molecule has 1 unspecified atom stereocenters. The van der Waals surface area contributed by atoms with Gasteiger partial charge in [0, 0.05) is 18.3 Å². The number of aromatic nitrogens is 3. The molecule has 1 fully saturated rings. The van der Waals surface area contributed by atoms with Gasteiger partial charge in [0.05, 0.1) is 30.8 Å². The van der Waals surface area contributed by atoms with Gasteiger partial charge in [0.1, 0.15) is 11.6 Å². The van der Waals surface area contributed by atoms with E-state index >= 15 is 0 Å². The Labute approximate surface area is 240 Å². The number of pyridine rings is 1. The molecule has 0 radical (unpaired) electrons. The summed E-state index contributed by atoms with van der Waals surface area (Å²) in [4.78, 5) is 48.7. The Morgan fingerprint density at radius 3 is 2.59 bits per heavy atom. The first kappa shape index (κ1) is 29.8. The number of carboxylic acid groups (broad SMARTS) is 1. The minimum Gasteiger partial charge on any atom is -0.481 e. The summed E-state index contributed by atoms with van der Waals surface area (Å²) in [5, 5.41) is 17.9. The van der Waals surface area contributed by atoms with Gasteiger partial charge in [-0.2, -0.15) is 0 Å². The molecular formula is C31H40N6O4. The van der Waals surface area contributed by atoms with Gasteiger partial charge in [0.25, 0.3) is 0 Å². The predicted molar refractivity (Wildman–Crippen MR) is 158 cm³/mol. The molecule has 10 heteroatoms. The second-order valence-corrected chi connectivity index (χ2v) is 11.3. The average Bonchev–Trinajstić information content (AvgIpc) is 3.62. The molecule has 4 rings (SSSR count). The number of hydrogen-bond acceptors (Lipinski definition) is 5. The molecule has 0 bridgehead atoms. The van der Waals surface area contributed by atoms with Crippen LogP contribution in [0.15, 0.2) is 42.7 Å². The molecule has 0 spiro atoms. The standard InChI is InChI=1S/C31H40N6O4/c1-19(2)15-25(26-18-33-27(34-26)12-13-29(39)40)35-28(38)17-21-10-11-24(23(16-21)22-8-4-5-9-22)36-31(41)37-30-20(3)7-6-14-32-30/h6-7,10-11,14,16,18-19,22,25H,4-5,8-9,12-13,15,17H2,1-3H3,(H,33,34)(H,35,38)(H,39,40)(H2,32,36,37,41). The smallest absolute Gasteiger partial charge is 0.324 e. The van der Waals surface area contributed by atoms with Crippen LogP contribution in [-0.4, -0.2) is 38.0 Å². The van der Waals surface area contributed by atoms with Gasteiger partial charge in [0.15, 0.2) is 0 Å². The zero-order valence-corrected chi connectivity index (χ0v) is 24.0. The second-order valence-electron chi connectivity index (χ2n) is 11.3. The molecule has 2 heterocycles. The fraction of sp³-hybridized carbons (Fsp3) is 0.452. The van der Waals surface area contributed by atoms with Crippen molar-refractivity contribution in [1.82, 2.24) is 20.3 Å². The van der Waals surface area contributed by atoms with Crippen LogP contribution in [0.5, 0.6) is 0 Å². The summed E-state index contributed by atoms with van der Waals surface area (Å²) in [5.41, 5.74) is 4.33. The highest BCUT2D eigenvalue weighted by Gasteiger charge is 2.23. The summed E-state index contributed by atoms with van der Waals surface area (Å²) in [6.07, 6.45) is 8.92. The number of aryl methyl sites for hydroxylation is 2. The third kappa shape index (κ3) is 8.64. The minimum atomic E-state index is -0.878. The molecule has 1 aliphatic rings. The molecule has 3 aromatic rings. The zero-order valence-electron chi connectivity index (χ0n) is 24.0. The maximum atomic E-state index is 13.2. The summed E-state index contributed by atoms with van der Waals surface area (Å²) >= 11 is 0. The van der Waals surface area contributed by atoms with Gasteiger partial charge in [-0.05, 0) is 66.8 Å². The SMILES string of the molecule is Cc1cccnc1NC(=O)Nc1ccc(CC(=O)NC(CC(C)C)c2cnc(CCC(=O)O)[nH]2)cc1C1CCCC1. The van der Waals surface area contributed by atoms with Crippen molar-refractivity contribution in [3.05, 3.63) is 70.9 Å². The molecule has 5 N–H and O–H groups in total. The minimum absolute atomic E-state index is 0.00716. The van der Waals surface area contributed by atoms with Crippen molar-refractivity contribution in [3.8, 4) is 0 Å². The third-order valence-corrected chi connectivity index (χ3v) is 7.41. The Hall–Kier alpha value is -4.21. The van der Waals surface area contributed by atoms with E-state index in [4.69, 9.17) is 5.11 Å². The number of carboxylic acids is 1. The summed E-state index contributed by atoms with van der Waals surface area (Å²) in [5.74, 6) is 0.773. The van der Waals surface area contributed by atoms with E-state index in [9.17, 15) is 14.4 Å². The first-order chi connectivity index (χ1) is 19.7. The monoisotopic (exact) mass is 560 g/mol. The van der Waals surface area contributed by atoms with E-state index in [1.807, 2.05) is 31.2 Å². The first-order valence-corrected chi connectivity index (χ1v) is 14.3. The number of aromatic amines is 1. The average molecular weight is 561 g/mol. The molecular weight excluding hydrogens is 520 g/mol. The van der Waals surface area contributed by atoms with E-state index in [1.165, 1.54) is 0 Å². The van der Waals surface area contributed by atoms with E-state index in [0.717, 1.165) is 53.8 Å². The van der Waals surface area contributed by atoms with Crippen molar-refractivity contribution >= 4 is 29.4 Å². The number of hydrogen-bond donors (Lipinski definition) is 5. The van der Waals surface area contributed by atoms with Crippen LogP contribution in [0.2, 0.25) is 0 Å². The summed E-state index contributed by atoms with van der Waals surface area (Å²) < 4.78 is 0. The van der Waals surface area contributed by atoms with Crippen molar-refractivity contribution in [2.75, 3.05) is 10.6 Å². The number of rotatable bonds is 12. The number of nitrogens with zero attached hydrogens (tertiary/aromatic N) is 2. The van der Waals surface area contributed by atoms with Gasteiger partial charge in [-0.25, -0.2) is 14.8 Å². The van der Waals surface area contributed by atoms with Gasteiger partial charge in [-0.1, -0.05) is 44.9 Å².